The molecule has 158 valence electrons. The van der Waals surface area contributed by atoms with Gasteiger partial charge in [-0.25, -0.2) is 0 Å². The van der Waals surface area contributed by atoms with Crippen molar-refractivity contribution in [1.82, 2.24) is 0 Å². The molecule has 1 heterocycles. The number of thiophene rings is 1. The first-order valence-corrected chi connectivity index (χ1v) is 13.0. The Hall–Kier alpha value is -1.86. The molecule has 0 N–H and O–H groups in total. The summed E-state index contributed by atoms with van der Waals surface area (Å²) in [5.41, 5.74) is 7.75. The van der Waals surface area contributed by atoms with Gasteiger partial charge >= 0.3 is 0 Å². The molecule has 1 aromatic heterocycles. The third-order valence-electron chi connectivity index (χ3n) is 6.99. The number of hydrogen-bond donors (Lipinski definition) is 0. The fourth-order valence-corrected chi connectivity index (χ4v) is 6.15. The minimum absolute atomic E-state index is 0.195. The Morgan fingerprint density at radius 3 is 2.03 bits per heavy atom. The van der Waals surface area contributed by atoms with Crippen LogP contribution in [0.2, 0.25) is 0 Å². The van der Waals surface area contributed by atoms with Crippen LogP contribution in [0.1, 0.15) is 89.2 Å². The van der Waals surface area contributed by atoms with Gasteiger partial charge in [-0.2, -0.15) is 0 Å². The van der Waals surface area contributed by atoms with Gasteiger partial charge in [0.1, 0.15) is 0 Å². The van der Waals surface area contributed by atoms with E-state index in [4.69, 9.17) is 0 Å². The van der Waals surface area contributed by atoms with Gasteiger partial charge in [0.25, 0.3) is 0 Å². The van der Waals surface area contributed by atoms with Crippen LogP contribution in [0.4, 0.5) is 0 Å². The predicted octanol–water partition coefficient (Wildman–Crippen LogP) is 9.62. The molecule has 0 atom stereocenters. The molecule has 2 aromatic carbocycles. The van der Waals surface area contributed by atoms with E-state index in [2.05, 4.69) is 73.8 Å². The van der Waals surface area contributed by atoms with Crippen LogP contribution < -0.4 is 0 Å². The lowest BCUT2D eigenvalue weighted by atomic mass is 9.70. The van der Waals surface area contributed by atoms with Crippen LogP contribution in [0.5, 0.6) is 0 Å². The fraction of sp³-hybridized carbons (Fsp3) is 0.448. The molecule has 0 spiro atoms. The molecule has 3 aromatic rings. The van der Waals surface area contributed by atoms with E-state index in [0.29, 0.717) is 0 Å². The number of benzene rings is 2. The van der Waals surface area contributed by atoms with E-state index in [9.17, 15) is 0 Å². The van der Waals surface area contributed by atoms with Crippen molar-refractivity contribution in [3.8, 4) is 21.6 Å². The second kappa shape index (κ2) is 9.96. The van der Waals surface area contributed by atoms with Gasteiger partial charge < -0.3 is 0 Å². The summed E-state index contributed by atoms with van der Waals surface area (Å²) >= 11 is 1.85. The molecule has 0 bridgehead atoms. The maximum Gasteiger partial charge on any atom is 0.0342 e. The molecular formula is C29H36S. The normalized spacial score (nSPS) is 13.9. The molecule has 0 fully saturated rings. The zero-order valence-electron chi connectivity index (χ0n) is 18.8. The second-order valence-corrected chi connectivity index (χ2v) is 9.93. The summed E-state index contributed by atoms with van der Waals surface area (Å²) in [7, 11) is 0. The van der Waals surface area contributed by atoms with Crippen molar-refractivity contribution >= 4 is 11.3 Å². The van der Waals surface area contributed by atoms with Crippen molar-refractivity contribution in [3.05, 3.63) is 71.1 Å². The topological polar surface area (TPSA) is 0 Å². The number of unbranched alkanes of at least 4 members (excludes halogenated alkanes) is 6. The molecule has 30 heavy (non-hydrogen) atoms. The highest BCUT2D eigenvalue weighted by Gasteiger charge is 2.42. The van der Waals surface area contributed by atoms with E-state index >= 15 is 0 Å². The van der Waals surface area contributed by atoms with E-state index < -0.39 is 0 Å². The third-order valence-corrected chi connectivity index (χ3v) is 7.91. The van der Waals surface area contributed by atoms with Crippen LogP contribution in [0.3, 0.4) is 0 Å². The van der Waals surface area contributed by atoms with Gasteiger partial charge in [-0.1, -0.05) is 108 Å². The Morgan fingerprint density at radius 1 is 0.667 bits per heavy atom. The lowest BCUT2D eigenvalue weighted by Crippen LogP contribution is -2.25. The fourth-order valence-electron chi connectivity index (χ4n) is 5.42. The molecule has 1 aliphatic rings. The van der Waals surface area contributed by atoms with Gasteiger partial charge in [-0.15, -0.1) is 11.3 Å². The summed E-state index contributed by atoms with van der Waals surface area (Å²) < 4.78 is 0. The van der Waals surface area contributed by atoms with Crippen molar-refractivity contribution in [3.63, 3.8) is 0 Å². The predicted molar refractivity (Wildman–Crippen MR) is 133 cm³/mol. The van der Waals surface area contributed by atoms with Crippen LogP contribution in [-0.2, 0) is 5.41 Å². The highest BCUT2D eigenvalue weighted by atomic mass is 32.1. The largest absolute Gasteiger partial charge is 0.144 e. The maximum atomic E-state index is 2.54. The summed E-state index contributed by atoms with van der Waals surface area (Å²) in [4.78, 5) is 1.39. The van der Waals surface area contributed by atoms with Crippen LogP contribution in [0.25, 0.3) is 21.6 Å². The summed E-state index contributed by atoms with van der Waals surface area (Å²) in [6.45, 7) is 4.63. The Bertz CT molecular complexity index is 923. The first-order chi connectivity index (χ1) is 14.8. The van der Waals surface area contributed by atoms with Gasteiger partial charge in [0.15, 0.2) is 0 Å². The van der Waals surface area contributed by atoms with Gasteiger partial charge in [0, 0.05) is 10.3 Å². The molecule has 1 heteroatoms. The van der Waals surface area contributed by atoms with Crippen molar-refractivity contribution in [2.75, 3.05) is 0 Å². The SMILES string of the molecule is CCCCCCC1(CCCCCC)c2ccccc2-c2ccc(-c3cccs3)cc21. The Kier molecular flexibility index (Phi) is 7.10. The van der Waals surface area contributed by atoms with Crippen LogP contribution >= 0.6 is 11.3 Å². The molecule has 0 nitrogen and oxygen atoms in total. The molecule has 0 saturated carbocycles. The molecule has 0 amide bonds. The number of rotatable bonds is 11. The van der Waals surface area contributed by atoms with Crippen molar-refractivity contribution in [2.45, 2.75) is 83.5 Å². The molecule has 4 rings (SSSR count). The van der Waals surface area contributed by atoms with E-state index in [1.165, 1.54) is 85.8 Å². The van der Waals surface area contributed by atoms with Crippen LogP contribution in [0.15, 0.2) is 60.0 Å². The minimum atomic E-state index is 0.195. The molecule has 0 unspecified atom stereocenters. The zero-order valence-corrected chi connectivity index (χ0v) is 19.6. The summed E-state index contributed by atoms with van der Waals surface area (Å²) in [6.07, 6.45) is 13.3. The minimum Gasteiger partial charge on any atom is -0.144 e. The number of fused-ring (bicyclic) bond motifs is 3. The molecule has 0 aliphatic heterocycles. The summed E-state index contributed by atoms with van der Waals surface area (Å²) in [5, 5.41) is 2.19. The van der Waals surface area contributed by atoms with Crippen molar-refractivity contribution in [2.24, 2.45) is 0 Å². The van der Waals surface area contributed by atoms with Crippen molar-refractivity contribution in [1.29, 1.82) is 0 Å². The lowest BCUT2D eigenvalue weighted by Gasteiger charge is -2.33. The molecule has 0 saturated heterocycles. The number of hydrogen-bond acceptors (Lipinski definition) is 1. The van der Waals surface area contributed by atoms with Gasteiger partial charge in [0.05, 0.1) is 0 Å². The smallest absolute Gasteiger partial charge is 0.0342 e. The lowest BCUT2D eigenvalue weighted by molar-refractivity contribution is 0.401. The summed E-state index contributed by atoms with van der Waals surface area (Å²) in [5.74, 6) is 0. The maximum absolute atomic E-state index is 2.54. The average molecular weight is 417 g/mol. The molecule has 0 radical (unpaired) electrons. The standard InChI is InChI=1S/C29H36S/c1-3-5-7-11-19-29(20-12-8-6-4-2)26-15-10-9-14-24(26)25-18-17-23(22-27(25)29)28-16-13-21-30-28/h9-10,13-18,21-22H,3-8,11-12,19-20H2,1-2H3. The second-order valence-electron chi connectivity index (χ2n) is 8.99. The average Bonchev–Trinajstić information content (AvgIpc) is 3.41. The molecule has 1 aliphatic carbocycles. The molecular weight excluding hydrogens is 380 g/mol. The van der Waals surface area contributed by atoms with Crippen LogP contribution in [-0.4, -0.2) is 0 Å². The van der Waals surface area contributed by atoms with E-state index in [1.807, 2.05) is 11.3 Å². The van der Waals surface area contributed by atoms with E-state index in [0.717, 1.165) is 0 Å². The first-order valence-electron chi connectivity index (χ1n) is 12.1. The van der Waals surface area contributed by atoms with Gasteiger partial charge in [-0.3, -0.25) is 0 Å². The Morgan fingerprint density at radius 2 is 1.37 bits per heavy atom. The van der Waals surface area contributed by atoms with Crippen molar-refractivity contribution < 1.29 is 0 Å². The van der Waals surface area contributed by atoms with E-state index in [1.54, 1.807) is 11.1 Å². The summed E-state index contributed by atoms with van der Waals surface area (Å²) in [6, 6.07) is 21.0. The quantitative estimate of drug-likeness (QED) is 0.273. The first kappa shape index (κ1) is 21.4. The van der Waals surface area contributed by atoms with Gasteiger partial charge in [0.2, 0.25) is 0 Å². The third kappa shape index (κ3) is 4.14. The Labute approximate surface area is 187 Å². The zero-order chi connectivity index (χ0) is 20.8. The highest BCUT2D eigenvalue weighted by Crippen LogP contribution is 2.55. The monoisotopic (exact) mass is 416 g/mol. The Balaban J connectivity index is 1.77. The highest BCUT2D eigenvalue weighted by molar-refractivity contribution is 7.13. The van der Waals surface area contributed by atoms with Gasteiger partial charge in [-0.05, 0) is 58.2 Å². The van der Waals surface area contributed by atoms with Crippen LogP contribution in [0, 0.1) is 0 Å². The van der Waals surface area contributed by atoms with E-state index in [-0.39, 0.29) is 5.41 Å².